The predicted octanol–water partition coefficient (Wildman–Crippen LogP) is 0.911. The van der Waals surface area contributed by atoms with Crippen LogP contribution in [0.25, 0.3) is 0 Å². The van der Waals surface area contributed by atoms with Gasteiger partial charge in [-0.1, -0.05) is 0 Å². The zero-order valence-corrected chi connectivity index (χ0v) is 4.82. The van der Waals surface area contributed by atoms with Gasteiger partial charge in [-0.15, -0.1) is 0 Å². The summed E-state index contributed by atoms with van der Waals surface area (Å²) < 4.78 is 1.93. The summed E-state index contributed by atoms with van der Waals surface area (Å²) in [7, 11) is 0. The second-order valence-corrected chi connectivity index (χ2v) is 1.22. The molecule has 0 saturated carbocycles. The van der Waals surface area contributed by atoms with E-state index in [9.17, 15) is 0 Å². The molecule has 0 aromatic heterocycles. The van der Waals surface area contributed by atoms with Crippen molar-refractivity contribution in [2.24, 2.45) is 0 Å². The van der Waals surface area contributed by atoms with Gasteiger partial charge in [0, 0.05) is 0 Å². The number of hydrogen-bond acceptors (Lipinski definition) is 0. The van der Waals surface area contributed by atoms with Crippen LogP contribution < -0.4 is 0 Å². The van der Waals surface area contributed by atoms with Crippen LogP contribution >= 0.6 is 0 Å². The third-order valence-corrected chi connectivity index (χ3v) is 0.595. The Morgan fingerprint density at radius 2 is 2.20 bits per heavy atom. The molecule has 29 valence electrons. The van der Waals surface area contributed by atoms with E-state index in [0.29, 0.717) is 0 Å². The molecule has 1 heteroatoms. The average Bonchev–Trinajstić information content (AvgIpc) is 1.41. The van der Waals surface area contributed by atoms with Gasteiger partial charge < -0.3 is 0 Å². The maximum atomic E-state index is 2.41. The Morgan fingerprint density at radius 1 is 1.60 bits per heavy atom. The Morgan fingerprint density at radius 3 is 2.20 bits per heavy atom. The van der Waals surface area contributed by atoms with E-state index in [1.165, 1.54) is 0 Å². The van der Waals surface area contributed by atoms with Gasteiger partial charge in [0.05, 0.1) is 0 Å². The summed E-state index contributed by atoms with van der Waals surface area (Å²) in [5.41, 5.74) is 0. The third kappa shape index (κ3) is 4.23. The van der Waals surface area contributed by atoms with Crippen LogP contribution in [0.1, 0.15) is 6.92 Å². The third-order valence-electron chi connectivity index (χ3n) is 0.260. The van der Waals surface area contributed by atoms with Crippen molar-refractivity contribution in [2.75, 3.05) is 0 Å². The van der Waals surface area contributed by atoms with Crippen LogP contribution in [0.4, 0.5) is 0 Å². The van der Waals surface area contributed by atoms with Gasteiger partial charge in [0.25, 0.3) is 0 Å². The van der Waals surface area contributed by atoms with Crippen molar-refractivity contribution in [1.82, 2.24) is 0 Å². The molecule has 0 atom stereocenters. The predicted molar refractivity (Wildman–Crippen MR) is 20.9 cm³/mol. The first-order chi connectivity index (χ1) is 2.41. The van der Waals surface area contributed by atoms with Crippen LogP contribution in [-0.4, -0.2) is 4.61 Å². The van der Waals surface area contributed by atoms with Crippen molar-refractivity contribution < 1.29 is 17.9 Å². The number of allylic oxidation sites excluding steroid dienone is 2. The Kier molecular flexibility index (Phi) is 4.43. The van der Waals surface area contributed by atoms with E-state index in [2.05, 4.69) is 17.9 Å². The van der Waals surface area contributed by atoms with E-state index in [4.69, 9.17) is 0 Å². The van der Waals surface area contributed by atoms with Crippen molar-refractivity contribution in [3.63, 3.8) is 0 Å². The Bertz CT molecular complexity index is 45.6. The summed E-state index contributed by atoms with van der Waals surface area (Å²) in [6, 6.07) is 0. The van der Waals surface area contributed by atoms with E-state index in [1.54, 1.807) is 0 Å². The second-order valence-electron chi connectivity index (χ2n) is 0.644. The molecule has 5 heavy (non-hydrogen) atoms. The molecule has 0 unspecified atom stereocenters. The molecule has 0 saturated heterocycles. The van der Waals surface area contributed by atoms with E-state index < -0.39 is 0 Å². The van der Waals surface area contributed by atoms with Crippen LogP contribution in [0.3, 0.4) is 0 Å². The molecule has 0 aliphatic heterocycles. The molecule has 0 radical (unpaired) electrons. The van der Waals surface area contributed by atoms with Crippen LogP contribution in [0.2, 0.25) is 0 Å². The molecular formula is C4H6Ru+. The van der Waals surface area contributed by atoms with Gasteiger partial charge >= 0.3 is 41.5 Å². The topological polar surface area (TPSA) is 0 Å². The van der Waals surface area contributed by atoms with Crippen molar-refractivity contribution >= 4 is 4.61 Å². The van der Waals surface area contributed by atoms with Gasteiger partial charge in [-0.05, 0) is 0 Å². The standard InChI is InChI=1S/C4H6.Ru/c1-3-4-2;/h1,3-4H,2H3;/q;+1. The summed E-state index contributed by atoms with van der Waals surface area (Å²) in [6.07, 6.45) is 3.95. The van der Waals surface area contributed by atoms with Gasteiger partial charge in [-0.25, -0.2) is 0 Å². The Balaban J connectivity index is 2.92. The average molecular weight is 155 g/mol. The molecule has 0 heterocycles. The number of hydrogen-bond donors (Lipinski definition) is 0. The van der Waals surface area contributed by atoms with Crippen molar-refractivity contribution in [3.8, 4) is 0 Å². The molecule has 0 nitrogen and oxygen atoms in total. The van der Waals surface area contributed by atoms with E-state index >= 15 is 0 Å². The van der Waals surface area contributed by atoms with E-state index in [-0.39, 0.29) is 0 Å². The molecule has 0 rings (SSSR count). The minimum absolute atomic E-state index is 1.93. The molecule has 0 bridgehead atoms. The zero-order chi connectivity index (χ0) is 4.12. The molecular weight excluding hydrogens is 149 g/mol. The fourth-order valence-corrected chi connectivity index (χ4v) is 0.403. The quantitative estimate of drug-likeness (QED) is 0.494. The van der Waals surface area contributed by atoms with Crippen molar-refractivity contribution in [2.45, 2.75) is 6.92 Å². The summed E-state index contributed by atoms with van der Waals surface area (Å²) in [5.74, 6) is 0. The molecule has 0 aliphatic rings. The second kappa shape index (κ2) is 4.23. The van der Waals surface area contributed by atoms with Crippen LogP contribution in [0.15, 0.2) is 12.2 Å². The van der Waals surface area contributed by atoms with Crippen molar-refractivity contribution in [1.29, 1.82) is 0 Å². The molecule has 0 fully saturated rings. The maximum absolute atomic E-state index is 2.41. The summed E-state index contributed by atoms with van der Waals surface area (Å²) in [5, 5.41) is 0. The first-order valence-electron chi connectivity index (χ1n) is 1.45. The molecule has 0 aromatic carbocycles. The van der Waals surface area contributed by atoms with Gasteiger partial charge in [-0.3, -0.25) is 0 Å². The van der Waals surface area contributed by atoms with E-state index in [0.717, 1.165) is 0 Å². The van der Waals surface area contributed by atoms with Gasteiger partial charge in [0.15, 0.2) is 0 Å². The van der Waals surface area contributed by atoms with Crippen LogP contribution in [0, 0.1) is 0 Å². The summed E-state index contributed by atoms with van der Waals surface area (Å²) in [6.45, 7) is 1.99. The normalized spacial score (nSPS) is 9.00. The fraction of sp³-hybridized carbons (Fsp3) is 0.250. The summed E-state index contributed by atoms with van der Waals surface area (Å²) in [4.78, 5) is 0. The Hall–Kier alpha value is 0.233. The van der Waals surface area contributed by atoms with Crippen LogP contribution in [-0.2, 0) is 17.9 Å². The molecule has 0 amide bonds. The first kappa shape index (κ1) is 5.23. The molecule has 0 spiro atoms. The molecule has 0 N–H and O–H groups in total. The summed E-state index contributed by atoms with van der Waals surface area (Å²) >= 11 is 2.41. The number of rotatable bonds is 1. The van der Waals surface area contributed by atoms with Crippen LogP contribution in [0.5, 0.6) is 0 Å². The Labute approximate surface area is 42.1 Å². The van der Waals surface area contributed by atoms with Gasteiger partial charge in [0.1, 0.15) is 0 Å². The molecule has 0 aromatic rings. The monoisotopic (exact) mass is 156 g/mol. The van der Waals surface area contributed by atoms with Gasteiger partial charge in [-0.2, -0.15) is 0 Å². The minimum atomic E-state index is 1.93. The molecule has 0 aliphatic carbocycles. The zero-order valence-electron chi connectivity index (χ0n) is 3.09. The SMILES string of the molecule is CC=C[CH]=[Ru+]. The fourth-order valence-electron chi connectivity index (χ4n) is 0.0680. The van der Waals surface area contributed by atoms with Crippen molar-refractivity contribution in [3.05, 3.63) is 12.2 Å². The van der Waals surface area contributed by atoms with E-state index in [1.807, 2.05) is 23.7 Å². The first-order valence-corrected chi connectivity index (χ1v) is 2.45. The van der Waals surface area contributed by atoms with Gasteiger partial charge in [0.2, 0.25) is 0 Å².